The van der Waals surface area contributed by atoms with E-state index in [0.717, 1.165) is 12.2 Å². The lowest BCUT2D eigenvalue weighted by molar-refractivity contribution is 0.555. The second-order valence-electron chi connectivity index (χ2n) is 4.97. The van der Waals surface area contributed by atoms with Crippen molar-refractivity contribution in [2.45, 2.75) is 19.3 Å². The molecule has 1 heterocycles. The summed E-state index contributed by atoms with van der Waals surface area (Å²) in [7, 11) is 0. The first-order valence-electron chi connectivity index (χ1n) is 5.99. The highest BCUT2D eigenvalue weighted by atomic mass is 19.1. The predicted molar refractivity (Wildman–Crippen MR) is 72.2 cm³/mol. The summed E-state index contributed by atoms with van der Waals surface area (Å²) in [5.41, 5.74) is 2.00. The zero-order chi connectivity index (χ0) is 13.0. The molecule has 0 amide bonds. The molecular weight excluding hydrogens is 227 g/mol. The Morgan fingerprint density at radius 1 is 1.17 bits per heavy atom. The van der Waals surface area contributed by atoms with Gasteiger partial charge in [0.25, 0.3) is 0 Å². The van der Waals surface area contributed by atoms with Crippen LogP contribution in [-0.4, -0.2) is 11.5 Å². The SMILES string of the molecule is CC(C)(CNc1ccnc(F)c1)c1ccccc1. The monoisotopic (exact) mass is 244 g/mol. The average Bonchev–Trinajstić information content (AvgIpc) is 2.38. The van der Waals surface area contributed by atoms with Crippen molar-refractivity contribution in [2.75, 3.05) is 11.9 Å². The third-order valence-electron chi connectivity index (χ3n) is 3.02. The smallest absolute Gasteiger partial charge is 0.214 e. The summed E-state index contributed by atoms with van der Waals surface area (Å²) in [5.74, 6) is -0.461. The van der Waals surface area contributed by atoms with E-state index in [1.807, 2.05) is 18.2 Å². The highest BCUT2D eigenvalue weighted by Gasteiger charge is 2.19. The van der Waals surface area contributed by atoms with Crippen molar-refractivity contribution in [3.63, 3.8) is 0 Å². The Morgan fingerprint density at radius 2 is 1.89 bits per heavy atom. The molecule has 0 saturated carbocycles. The summed E-state index contributed by atoms with van der Waals surface area (Å²) in [5, 5.41) is 3.24. The van der Waals surface area contributed by atoms with Gasteiger partial charge in [-0.25, -0.2) is 4.98 Å². The van der Waals surface area contributed by atoms with Gasteiger partial charge in [-0.05, 0) is 11.6 Å². The maximum atomic E-state index is 13.0. The minimum Gasteiger partial charge on any atom is -0.384 e. The standard InChI is InChI=1S/C15H17FN2/c1-15(2,12-6-4-3-5-7-12)11-18-13-8-9-17-14(16)10-13/h3-10H,11H2,1-2H3,(H,17,18). The number of pyridine rings is 1. The molecule has 0 saturated heterocycles. The van der Waals surface area contributed by atoms with Crippen molar-refractivity contribution in [1.29, 1.82) is 0 Å². The Bertz CT molecular complexity index is 509. The number of halogens is 1. The Labute approximate surface area is 107 Å². The van der Waals surface area contributed by atoms with Crippen molar-refractivity contribution in [3.05, 3.63) is 60.2 Å². The van der Waals surface area contributed by atoms with E-state index in [-0.39, 0.29) is 5.41 Å². The van der Waals surface area contributed by atoms with Gasteiger partial charge in [-0.3, -0.25) is 0 Å². The second-order valence-corrected chi connectivity index (χ2v) is 4.97. The van der Waals surface area contributed by atoms with Crippen LogP contribution in [0.3, 0.4) is 0 Å². The summed E-state index contributed by atoms with van der Waals surface area (Å²) in [6.45, 7) is 5.06. The van der Waals surface area contributed by atoms with Crippen LogP contribution in [0.5, 0.6) is 0 Å². The van der Waals surface area contributed by atoms with E-state index in [1.54, 1.807) is 6.07 Å². The van der Waals surface area contributed by atoms with Crippen molar-refractivity contribution >= 4 is 5.69 Å². The Morgan fingerprint density at radius 3 is 2.56 bits per heavy atom. The number of anilines is 1. The van der Waals surface area contributed by atoms with Crippen LogP contribution in [-0.2, 0) is 5.41 Å². The van der Waals surface area contributed by atoms with Crippen molar-refractivity contribution < 1.29 is 4.39 Å². The Balaban J connectivity index is 2.05. The molecule has 18 heavy (non-hydrogen) atoms. The molecule has 0 spiro atoms. The second kappa shape index (κ2) is 5.17. The van der Waals surface area contributed by atoms with E-state index in [4.69, 9.17) is 0 Å². The zero-order valence-corrected chi connectivity index (χ0v) is 10.7. The van der Waals surface area contributed by atoms with E-state index in [2.05, 4.69) is 36.3 Å². The molecule has 1 aromatic carbocycles. The van der Waals surface area contributed by atoms with Crippen LogP contribution in [0.4, 0.5) is 10.1 Å². The van der Waals surface area contributed by atoms with E-state index >= 15 is 0 Å². The van der Waals surface area contributed by atoms with Gasteiger partial charge < -0.3 is 5.32 Å². The fraction of sp³-hybridized carbons (Fsp3) is 0.267. The van der Waals surface area contributed by atoms with Crippen molar-refractivity contribution in [1.82, 2.24) is 4.98 Å². The lowest BCUT2D eigenvalue weighted by Crippen LogP contribution is -2.27. The first kappa shape index (κ1) is 12.6. The van der Waals surface area contributed by atoms with E-state index in [9.17, 15) is 4.39 Å². The van der Waals surface area contributed by atoms with Gasteiger partial charge in [0.05, 0.1) is 0 Å². The molecule has 0 atom stereocenters. The van der Waals surface area contributed by atoms with Gasteiger partial charge in [0.1, 0.15) is 0 Å². The average molecular weight is 244 g/mol. The van der Waals surface area contributed by atoms with Gasteiger partial charge in [-0.2, -0.15) is 4.39 Å². The Kier molecular flexibility index (Phi) is 3.60. The van der Waals surface area contributed by atoms with Crippen LogP contribution < -0.4 is 5.32 Å². The number of aromatic nitrogens is 1. The lowest BCUT2D eigenvalue weighted by Gasteiger charge is -2.26. The van der Waals surface area contributed by atoms with Crippen molar-refractivity contribution in [3.8, 4) is 0 Å². The van der Waals surface area contributed by atoms with Gasteiger partial charge in [-0.1, -0.05) is 44.2 Å². The molecule has 0 aliphatic rings. The largest absolute Gasteiger partial charge is 0.384 e. The number of nitrogens with one attached hydrogen (secondary N) is 1. The van der Waals surface area contributed by atoms with E-state index < -0.39 is 5.95 Å². The predicted octanol–water partition coefficient (Wildman–Crippen LogP) is 3.61. The Hall–Kier alpha value is -1.90. The number of hydrogen-bond acceptors (Lipinski definition) is 2. The molecule has 0 radical (unpaired) electrons. The van der Waals surface area contributed by atoms with Gasteiger partial charge in [-0.15, -0.1) is 0 Å². The van der Waals surface area contributed by atoms with Gasteiger partial charge in [0.15, 0.2) is 0 Å². The fourth-order valence-corrected chi connectivity index (χ4v) is 1.83. The third kappa shape index (κ3) is 3.06. The van der Waals surface area contributed by atoms with Crippen LogP contribution in [0.15, 0.2) is 48.7 Å². The van der Waals surface area contributed by atoms with Gasteiger partial charge >= 0.3 is 0 Å². The number of rotatable bonds is 4. The summed E-state index contributed by atoms with van der Waals surface area (Å²) in [6.07, 6.45) is 1.47. The van der Waals surface area contributed by atoms with Crippen LogP contribution in [0, 0.1) is 5.95 Å². The highest BCUT2D eigenvalue weighted by Crippen LogP contribution is 2.23. The van der Waals surface area contributed by atoms with Crippen LogP contribution >= 0.6 is 0 Å². The molecular formula is C15H17FN2. The lowest BCUT2D eigenvalue weighted by atomic mass is 9.84. The van der Waals surface area contributed by atoms with Crippen LogP contribution in [0.1, 0.15) is 19.4 Å². The first-order chi connectivity index (χ1) is 8.58. The molecule has 3 heteroatoms. The number of benzene rings is 1. The molecule has 1 aromatic heterocycles. The molecule has 2 aromatic rings. The molecule has 0 unspecified atom stereocenters. The third-order valence-corrected chi connectivity index (χ3v) is 3.02. The van der Waals surface area contributed by atoms with Gasteiger partial charge in [0.2, 0.25) is 5.95 Å². The molecule has 94 valence electrons. The summed E-state index contributed by atoms with van der Waals surface area (Å²) in [4.78, 5) is 3.54. The number of hydrogen-bond donors (Lipinski definition) is 1. The quantitative estimate of drug-likeness (QED) is 0.831. The summed E-state index contributed by atoms with van der Waals surface area (Å²) in [6, 6.07) is 13.5. The number of nitrogens with zero attached hydrogens (tertiary/aromatic N) is 1. The molecule has 0 bridgehead atoms. The van der Waals surface area contributed by atoms with E-state index in [0.29, 0.717) is 0 Å². The molecule has 2 nitrogen and oxygen atoms in total. The summed E-state index contributed by atoms with van der Waals surface area (Å²) >= 11 is 0. The van der Waals surface area contributed by atoms with Crippen LogP contribution in [0.25, 0.3) is 0 Å². The minimum atomic E-state index is -0.461. The zero-order valence-electron chi connectivity index (χ0n) is 10.7. The maximum Gasteiger partial charge on any atom is 0.214 e. The topological polar surface area (TPSA) is 24.9 Å². The highest BCUT2D eigenvalue weighted by molar-refractivity contribution is 5.42. The molecule has 0 aliphatic heterocycles. The van der Waals surface area contributed by atoms with Crippen molar-refractivity contribution in [2.24, 2.45) is 0 Å². The normalized spacial score (nSPS) is 11.3. The molecule has 1 N–H and O–H groups in total. The van der Waals surface area contributed by atoms with E-state index in [1.165, 1.54) is 17.8 Å². The van der Waals surface area contributed by atoms with Gasteiger partial charge in [0, 0.05) is 29.9 Å². The maximum absolute atomic E-state index is 13.0. The minimum absolute atomic E-state index is 0.0129. The fourth-order valence-electron chi connectivity index (χ4n) is 1.83. The molecule has 0 fully saturated rings. The van der Waals surface area contributed by atoms with Crippen LogP contribution in [0.2, 0.25) is 0 Å². The first-order valence-corrected chi connectivity index (χ1v) is 5.99. The molecule has 2 rings (SSSR count). The molecule has 0 aliphatic carbocycles. The summed E-state index contributed by atoms with van der Waals surface area (Å²) < 4.78 is 13.0.